The molecule has 3 aromatic rings. The Hall–Kier alpha value is -3.06. The Morgan fingerprint density at radius 3 is 2.23 bits per heavy atom. The highest BCUT2D eigenvalue weighted by molar-refractivity contribution is 7.07. The van der Waals surface area contributed by atoms with E-state index in [1.165, 1.54) is 5.56 Å². The molecule has 0 N–H and O–H groups in total. The Balaban J connectivity index is 2.13. The summed E-state index contributed by atoms with van der Waals surface area (Å²) in [6.07, 6.45) is 1.75. The summed E-state index contributed by atoms with van der Waals surface area (Å²) in [4.78, 5) is 5.56. The lowest BCUT2D eigenvalue weighted by molar-refractivity contribution is 0.324. The topological polar surface area (TPSA) is 57.3 Å². The van der Waals surface area contributed by atoms with Crippen LogP contribution in [0.2, 0.25) is 0 Å². The molecule has 6 nitrogen and oxygen atoms in total. The average molecular weight is 426 g/mol. The maximum absolute atomic E-state index is 5.58. The number of hydrogen-bond acceptors (Lipinski definition) is 6. The van der Waals surface area contributed by atoms with E-state index in [9.17, 15) is 0 Å². The molecule has 0 amide bonds. The van der Waals surface area contributed by atoms with Crippen LogP contribution in [0.4, 0.5) is 0 Å². The van der Waals surface area contributed by atoms with Gasteiger partial charge < -0.3 is 14.2 Å². The Morgan fingerprint density at radius 2 is 1.63 bits per heavy atom. The van der Waals surface area contributed by atoms with E-state index < -0.39 is 0 Å². The number of methoxy groups -OCH3 is 3. The van der Waals surface area contributed by atoms with Crippen LogP contribution in [0.3, 0.4) is 0 Å². The van der Waals surface area contributed by atoms with Gasteiger partial charge in [0.25, 0.3) is 0 Å². The van der Waals surface area contributed by atoms with Gasteiger partial charge in [-0.2, -0.15) is 5.10 Å². The summed E-state index contributed by atoms with van der Waals surface area (Å²) in [7, 11) is 4.79. The van der Waals surface area contributed by atoms with Gasteiger partial charge in [-0.1, -0.05) is 29.8 Å². The molecule has 0 unspecified atom stereocenters. The van der Waals surface area contributed by atoms with Gasteiger partial charge in [0.1, 0.15) is 0 Å². The van der Waals surface area contributed by atoms with Gasteiger partial charge >= 0.3 is 0 Å². The van der Waals surface area contributed by atoms with E-state index in [1.54, 1.807) is 38.9 Å². The third-order valence-corrected chi connectivity index (χ3v) is 5.28. The number of thiazole rings is 1. The molecular formula is C23H27N3O3S. The first kappa shape index (κ1) is 21.6. The van der Waals surface area contributed by atoms with Gasteiger partial charge in [-0.3, -0.25) is 4.99 Å². The van der Waals surface area contributed by atoms with Gasteiger partial charge in [-0.25, -0.2) is 4.68 Å². The molecule has 0 aliphatic heterocycles. The van der Waals surface area contributed by atoms with Crippen molar-refractivity contribution in [3.8, 4) is 28.5 Å². The molecule has 30 heavy (non-hydrogen) atoms. The monoisotopic (exact) mass is 425 g/mol. The highest BCUT2D eigenvalue weighted by Gasteiger charge is 2.15. The molecule has 0 radical (unpaired) electrons. The lowest BCUT2D eigenvalue weighted by Crippen LogP contribution is -2.14. The van der Waals surface area contributed by atoms with Gasteiger partial charge in [0.05, 0.1) is 33.2 Å². The quantitative estimate of drug-likeness (QED) is 0.514. The van der Waals surface area contributed by atoms with Crippen molar-refractivity contribution >= 4 is 17.6 Å². The van der Waals surface area contributed by atoms with Crippen LogP contribution in [-0.4, -0.2) is 38.3 Å². The van der Waals surface area contributed by atoms with Crippen molar-refractivity contribution in [2.45, 2.75) is 26.8 Å². The summed E-state index contributed by atoms with van der Waals surface area (Å²) < 4.78 is 18.3. The average Bonchev–Trinajstić information content (AvgIpc) is 3.13. The van der Waals surface area contributed by atoms with Crippen molar-refractivity contribution in [1.29, 1.82) is 0 Å². The molecular weight excluding hydrogens is 398 g/mol. The molecule has 0 saturated heterocycles. The SMILES string of the molecule is COc1ccc(C=Nn2c(-c3ccc(C)cc3)csc2=NC(C)C)c(OC)c1OC. The van der Waals surface area contributed by atoms with Crippen molar-refractivity contribution < 1.29 is 14.2 Å². The van der Waals surface area contributed by atoms with E-state index in [4.69, 9.17) is 24.3 Å². The van der Waals surface area contributed by atoms with Crippen molar-refractivity contribution in [3.05, 3.63) is 57.7 Å². The predicted octanol–water partition coefficient (Wildman–Crippen LogP) is 4.74. The minimum atomic E-state index is 0.159. The van der Waals surface area contributed by atoms with E-state index in [0.717, 1.165) is 21.6 Å². The number of nitrogens with zero attached hydrogens (tertiary/aromatic N) is 3. The Morgan fingerprint density at radius 1 is 0.933 bits per heavy atom. The fourth-order valence-corrected chi connectivity index (χ4v) is 3.96. The molecule has 0 atom stereocenters. The largest absolute Gasteiger partial charge is 0.493 e. The summed E-state index contributed by atoms with van der Waals surface area (Å²) in [5.74, 6) is 1.70. The lowest BCUT2D eigenvalue weighted by atomic mass is 10.1. The Bertz CT molecular complexity index is 1100. The summed E-state index contributed by atoms with van der Waals surface area (Å²) in [6.45, 7) is 6.18. The van der Waals surface area contributed by atoms with E-state index in [0.29, 0.717) is 17.2 Å². The van der Waals surface area contributed by atoms with Crippen molar-refractivity contribution in [2.75, 3.05) is 21.3 Å². The first-order valence-corrected chi connectivity index (χ1v) is 10.5. The molecule has 1 heterocycles. The summed E-state index contributed by atoms with van der Waals surface area (Å²) in [5, 5.41) is 6.84. The number of rotatable bonds is 7. The molecule has 158 valence electrons. The van der Waals surface area contributed by atoms with E-state index >= 15 is 0 Å². The van der Waals surface area contributed by atoms with Crippen LogP contribution < -0.4 is 19.0 Å². The molecule has 1 aromatic heterocycles. The van der Waals surface area contributed by atoms with E-state index in [-0.39, 0.29) is 6.04 Å². The van der Waals surface area contributed by atoms with Gasteiger partial charge in [-0.05, 0) is 32.9 Å². The minimum Gasteiger partial charge on any atom is -0.493 e. The fraction of sp³-hybridized carbons (Fsp3) is 0.304. The van der Waals surface area contributed by atoms with Crippen molar-refractivity contribution in [1.82, 2.24) is 4.68 Å². The van der Waals surface area contributed by atoms with Crippen LogP contribution >= 0.6 is 11.3 Å². The van der Waals surface area contributed by atoms with Gasteiger partial charge in [0, 0.05) is 22.5 Å². The molecule has 0 aliphatic rings. The minimum absolute atomic E-state index is 0.159. The standard InChI is InChI=1S/C23H27N3O3S/c1-15(2)25-23-26(19(14-30-23)17-9-7-16(3)8-10-17)24-13-18-11-12-20(27-4)22(29-6)21(18)28-5/h7-15H,1-6H3. The van der Waals surface area contributed by atoms with Crippen molar-refractivity contribution in [3.63, 3.8) is 0 Å². The second kappa shape index (κ2) is 9.63. The van der Waals surface area contributed by atoms with Crippen LogP contribution in [0.5, 0.6) is 17.2 Å². The van der Waals surface area contributed by atoms with Crippen LogP contribution in [0.1, 0.15) is 25.0 Å². The maximum atomic E-state index is 5.58. The molecule has 7 heteroatoms. The lowest BCUT2D eigenvalue weighted by Gasteiger charge is -2.13. The third-order valence-electron chi connectivity index (χ3n) is 4.45. The molecule has 3 rings (SSSR count). The first-order chi connectivity index (χ1) is 14.5. The van der Waals surface area contributed by atoms with Gasteiger partial charge in [0.2, 0.25) is 10.6 Å². The zero-order valence-corrected chi connectivity index (χ0v) is 19.0. The summed E-state index contributed by atoms with van der Waals surface area (Å²) in [5.41, 5.74) is 4.05. The van der Waals surface area contributed by atoms with Crippen LogP contribution in [0.25, 0.3) is 11.3 Å². The van der Waals surface area contributed by atoms with Crippen LogP contribution in [0, 0.1) is 6.92 Å². The third kappa shape index (κ3) is 4.57. The number of benzene rings is 2. The number of aryl methyl sites for hydroxylation is 1. The fourth-order valence-electron chi connectivity index (χ4n) is 2.99. The normalized spacial score (nSPS) is 12.0. The van der Waals surface area contributed by atoms with Gasteiger partial charge in [-0.15, -0.1) is 11.3 Å². The summed E-state index contributed by atoms with van der Waals surface area (Å²) in [6, 6.07) is 12.3. The Kier molecular flexibility index (Phi) is 6.95. The van der Waals surface area contributed by atoms with Gasteiger partial charge in [0.15, 0.2) is 11.5 Å². The van der Waals surface area contributed by atoms with Crippen molar-refractivity contribution in [2.24, 2.45) is 10.1 Å². The molecule has 2 aromatic carbocycles. The maximum Gasteiger partial charge on any atom is 0.206 e. The predicted molar refractivity (Wildman–Crippen MR) is 122 cm³/mol. The zero-order valence-electron chi connectivity index (χ0n) is 18.2. The molecule has 0 bridgehead atoms. The van der Waals surface area contributed by atoms with Crippen LogP contribution in [0.15, 0.2) is 51.9 Å². The number of ether oxygens (including phenoxy) is 3. The Labute approximate surface area is 181 Å². The second-order valence-corrected chi connectivity index (χ2v) is 7.81. The van der Waals surface area contributed by atoms with Crippen LogP contribution in [-0.2, 0) is 0 Å². The van der Waals surface area contributed by atoms with E-state index in [1.807, 2.05) is 16.8 Å². The molecule has 0 fully saturated rings. The first-order valence-electron chi connectivity index (χ1n) is 9.63. The number of aromatic nitrogens is 1. The highest BCUT2D eigenvalue weighted by Crippen LogP contribution is 2.39. The highest BCUT2D eigenvalue weighted by atomic mass is 32.1. The summed E-state index contributed by atoms with van der Waals surface area (Å²) >= 11 is 1.57. The second-order valence-electron chi connectivity index (χ2n) is 6.97. The molecule has 0 aliphatic carbocycles. The zero-order chi connectivity index (χ0) is 21.7. The number of hydrogen-bond donors (Lipinski definition) is 0. The molecule has 0 spiro atoms. The smallest absolute Gasteiger partial charge is 0.206 e. The van der Waals surface area contributed by atoms with E-state index in [2.05, 4.69) is 50.4 Å². The molecule has 0 saturated carbocycles.